The molecule has 0 aromatic rings. The number of rotatable bonds is 8. The van der Waals surface area contributed by atoms with Gasteiger partial charge >= 0.3 is 5.97 Å². The van der Waals surface area contributed by atoms with Gasteiger partial charge in [0.25, 0.3) is 0 Å². The molecule has 6 aliphatic rings. The Labute approximate surface area is 285 Å². The predicted octanol–water partition coefficient (Wildman–Crippen LogP) is 9.83. The van der Waals surface area contributed by atoms with E-state index in [-0.39, 0.29) is 27.2 Å². The van der Waals surface area contributed by atoms with Crippen LogP contribution in [0.15, 0.2) is 35.5 Å². The minimum atomic E-state index is -1.25. The Balaban J connectivity index is 1.30. The Morgan fingerprint density at radius 1 is 0.957 bits per heavy atom. The SMILES string of the molecule is C=C(C)[C@@H]1CC[C@]2(NCCC(C)(C)O)CC[C@]3(C)[C@H](CC[C@@H]4[C@@]5(C)CC=C(C6=CC[C@](CF)(C(=O)O)CC6)C(C)(C)[C@@H]5CC[C@]43C)[C@@H]12. The van der Waals surface area contributed by atoms with Crippen molar-refractivity contribution in [1.29, 1.82) is 0 Å². The van der Waals surface area contributed by atoms with E-state index in [1.54, 1.807) is 0 Å². The van der Waals surface area contributed by atoms with Crippen LogP contribution in [-0.2, 0) is 4.79 Å². The maximum absolute atomic E-state index is 13.9. The molecular weight excluding hydrogens is 585 g/mol. The molecular formula is C42H66FNO3. The van der Waals surface area contributed by atoms with Gasteiger partial charge in [-0.2, -0.15) is 0 Å². The maximum Gasteiger partial charge on any atom is 0.312 e. The van der Waals surface area contributed by atoms with E-state index in [1.165, 1.54) is 68.1 Å². The molecule has 3 N–H and O–H groups in total. The first-order valence-corrected chi connectivity index (χ1v) is 19.1. The Morgan fingerprint density at radius 2 is 1.68 bits per heavy atom. The Morgan fingerprint density at radius 3 is 2.28 bits per heavy atom. The molecule has 0 aliphatic heterocycles. The number of carboxylic acid groups (broad SMARTS) is 1. The zero-order valence-corrected chi connectivity index (χ0v) is 31.0. The molecule has 4 saturated carbocycles. The quantitative estimate of drug-likeness (QED) is 0.229. The third kappa shape index (κ3) is 5.20. The highest BCUT2D eigenvalue weighted by Gasteiger charge is 2.70. The number of aliphatic carboxylic acids is 1. The topological polar surface area (TPSA) is 69.6 Å². The summed E-state index contributed by atoms with van der Waals surface area (Å²) in [6.07, 6.45) is 17.9. The van der Waals surface area contributed by atoms with Crippen molar-refractivity contribution in [1.82, 2.24) is 5.32 Å². The van der Waals surface area contributed by atoms with E-state index in [0.717, 1.165) is 19.4 Å². The molecule has 4 nitrogen and oxygen atoms in total. The second-order valence-corrected chi connectivity index (χ2v) is 19.5. The van der Waals surface area contributed by atoms with Crippen LogP contribution in [-0.4, -0.2) is 40.5 Å². The minimum absolute atomic E-state index is 0.000519. The molecule has 264 valence electrons. The lowest BCUT2D eigenvalue weighted by Crippen LogP contribution is -2.68. The summed E-state index contributed by atoms with van der Waals surface area (Å²) in [5, 5.41) is 24.4. The van der Waals surface area contributed by atoms with Crippen LogP contribution >= 0.6 is 0 Å². The van der Waals surface area contributed by atoms with Crippen molar-refractivity contribution in [3.8, 4) is 0 Å². The van der Waals surface area contributed by atoms with Crippen molar-refractivity contribution >= 4 is 5.97 Å². The molecule has 0 radical (unpaired) electrons. The monoisotopic (exact) mass is 652 g/mol. The molecule has 0 unspecified atom stereocenters. The van der Waals surface area contributed by atoms with Crippen molar-refractivity contribution in [2.45, 2.75) is 150 Å². The van der Waals surface area contributed by atoms with Gasteiger partial charge in [0.05, 0.1) is 11.0 Å². The number of carbonyl (C=O) groups is 1. The predicted molar refractivity (Wildman–Crippen MR) is 190 cm³/mol. The third-order valence-corrected chi connectivity index (χ3v) is 16.5. The summed E-state index contributed by atoms with van der Waals surface area (Å²) >= 11 is 0. The number of nitrogens with one attached hydrogen (secondary N) is 1. The van der Waals surface area contributed by atoms with Crippen LogP contribution in [0.3, 0.4) is 0 Å². The lowest BCUT2D eigenvalue weighted by atomic mass is 9.33. The van der Waals surface area contributed by atoms with E-state index in [2.05, 4.69) is 65.6 Å². The van der Waals surface area contributed by atoms with E-state index < -0.39 is 23.7 Å². The van der Waals surface area contributed by atoms with Gasteiger partial charge in [-0.1, -0.05) is 58.9 Å². The molecule has 0 spiro atoms. The number of aliphatic hydroxyl groups is 1. The highest BCUT2D eigenvalue weighted by atomic mass is 19.1. The van der Waals surface area contributed by atoms with E-state index in [0.29, 0.717) is 48.9 Å². The lowest BCUT2D eigenvalue weighted by Gasteiger charge is -2.72. The largest absolute Gasteiger partial charge is 0.481 e. The van der Waals surface area contributed by atoms with Crippen LogP contribution in [0.25, 0.3) is 0 Å². The van der Waals surface area contributed by atoms with Gasteiger partial charge < -0.3 is 15.5 Å². The van der Waals surface area contributed by atoms with E-state index >= 15 is 0 Å². The Hall–Kier alpha value is -1.46. The van der Waals surface area contributed by atoms with Gasteiger partial charge in [-0.25, -0.2) is 4.39 Å². The molecule has 0 amide bonds. The second kappa shape index (κ2) is 11.5. The third-order valence-electron chi connectivity index (χ3n) is 16.5. The molecule has 47 heavy (non-hydrogen) atoms. The van der Waals surface area contributed by atoms with Crippen LogP contribution < -0.4 is 5.32 Å². The van der Waals surface area contributed by atoms with Gasteiger partial charge in [0, 0.05) is 5.54 Å². The van der Waals surface area contributed by atoms with E-state index in [9.17, 15) is 19.4 Å². The van der Waals surface area contributed by atoms with Crippen LogP contribution in [0.1, 0.15) is 139 Å². The molecule has 6 rings (SSSR count). The summed E-state index contributed by atoms with van der Waals surface area (Å²) in [6, 6.07) is 0. The van der Waals surface area contributed by atoms with Gasteiger partial charge in [-0.15, -0.1) is 0 Å². The van der Waals surface area contributed by atoms with Crippen molar-refractivity contribution < 1.29 is 19.4 Å². The van der Waals surface area contributed by atoms with Crippen LogP contribution in [0, 0.1) is 56.7 Å². The highest BCUT2D eigenvalue weighted by Crippen LogP contribution is 2.76. The first kappa shape index (κ1) is 35.4. The van der Waals surface area contributed by atoms with E-state index in [1.807, 2.05) is 13.8 Å². The van der Waals surface area contributed by atoms with Gasteiger partial charge in [-0.3, -0.25) is 4.79 Å². The van der Waals surface area contributed by atoms with Crippen LogP contribution in [0.5, 0.6) is 0 Å². The fourth-order valence-electron chi connectivity index (χ4n) is 13.7. The van der Waals surface area contributed by atoms with Crippen molar-refractivity contribution in [3.63, 3.8) is 0 Å². The van der Waals surface area contributed by atoms with Crippen molar-refractivity contribution in [2.24, 2.45) is 56.7 Å². The number of hydrogen-bond acceptors (Lipinski definition) is 3. The number of halogens is 1. The Bertz CT molecular complexity index is 1340. The number of fused-ring (bicyclic) bond motifs is 7. The van der Waals surface area contributed by atoms with Crippen molar-refractivity contribution in [2.75, 3.05) is 13.2 Å². The van der Waals surface area contributed by atoms with Crippen molar-refractivity contribution in [3.05, 3.63) is 35.5 Å². The number of allylic oxidation sites excluding steroid dienone is 5. The summed E-state index contributed by atoms with van der Waals surface area (Å²) in [4.78, 5) is 11.9. The average Bonchev–Trinajstić information content (AvgIpc) is 3.37. The lowest BCUT2D eigenvalue weighted by molar-refractivity contribution is -0.221. The van der Waals surface area contributed by atoms with Crippen LogP contribution in [0.4, 0.5) is 4.39 Å². The number of carboxylic acids is 1. The molecule has 6 aliphatic carbocycles. The number of alkyl halides is 1. The smallest absolute Gasteiger partial charge is 0.312 e. The zero-order chi connectivity index (χ0) is 34.4. The fourth-order valence-corrected chi connectivity index (χ4v) is 13.7. The molecule has 0 aromatic carbocycles. The molecule has 0 saturated heterocycles. The molecule has 0 heterocycles. The molecule has 5 heteroatoms. The minimum Gasteiger partial charge on any atom is -0.481 e. The summed E-state index contributed by atoms with van der Waals surface area (Å²) < 4.78 is 13.9. The maximum atomic E-state index is 13.9. The summed E-state index contributed by atoms with van der Waals surface area (Å²) in [7, 11) is 0. The fraction of sp³-hybridized carbons (Fsp3) is 0.833. The zero-order valence-electron chi connectivity index (χ0n) is 31.0. The van der Waals surface area contributed by atoms with Crippen LogP contribution in [0.2, 0.25) is 0 Å². The first-order valence-electron chi connectivity index (χ1n) is 19.1. The standard InChI is InChI=1S/C42H66FNO3/c1-27(2)29-14-21-42(44-25-24-36(3,4)47)23-22-39(8)31(34(29)42)10-11-33-38(7)17-15-30(37(5,6)32(38)16-18-40(33,39)9)28-12-19-41(26-43,20-13-28)35(45)46/h12,15,29,31-34,44,47H,1,10-11,13-14,16-26H2,2-9H3,(H,45,46)/t29-,31+,32-,33+,34+,38-,39+,40+,41-,42-/m0/s1. The van der Waals surface area contributed by atoms with Gasteiger partial charge in [-0.05, 0) is 173 Å². The van der Waals surface area contributed by atoms with Gasteiger partial charge in [0.2, 0.25) is 0 Å². The first-order chi connectivity index (χ1) is 21.8. The van der Waals surface area contributed by atoms with Gasteiger partial charge in [0.15, 0.2) is 0 Å². The summed E-state index contributed by atoms with van der Waals surface area (Å²) in [5.41, 5.74) is 3.08. The molecule has 0 bridgehead atoms. The molecule has 10 atom stereocenters. The average molecular weight is 652 g/mol. The normalized spacial score (nSPS) is 45.9. The summed E-state index contributed by atoms with van der Waals surface area (Å²) in [6.45, 7) is 23.7. The summed E-state index contributed by atoms with van der Waals surface area (Å²) in [5.74, 6) is 2.10. The van der Waals surface area contributed by atoms with Gasteiger partial charge in [0.1, 0.15) is 6.67 Å². The Kier molecular flexibility index (Phi) is 8.68. The number of hydrogen-bond donors (Lipinski definition) is 3. The molecule has 0 aromatic heterocycles. The van der Waals surface area contributed by atoms with E-state index in [4.69, 9.17) is 0 Å². The second-order valence-electron chi connectivity index (χ2n) is 19.5. The molecule has 4 fully saturated rings. The highest BCUT2D eigenvalue weighted by molar-refractivity contribution is 5.75.